The van der Waals surface area contributed by atoms with Crippen molar-refractivity contribution < 1.29 is 9.59 Å². The van der Waals surface area contributed by atoms with E-state index >= 15 is 0 Å². The largest absolute Gasteiger partial charge is 0.326 e. The summed E-state index contributed by atoms with van der Waals surface area (Å²) >= 11 is 0. The number of hydrogen-bond donors (Lipinski definition) is 3. The van der Waals surface area contributed by atoms with Crippen LogP contribution in [0.3, 0.4) is 0 Å². The minimum atomic E-state index is -0.329. The maximum atomic E-state index is 12.0. The summed E-state index contributed by atoms with van der Waals surface area (Å²) in [6, 6.07) is 9.91. The van der Waals surface area contributed by atoms with Crippen molar-refractivity contribution in [1.29, 1.82) is 0 Å². The summed E-state index contributed by atoms with van der Waals surface area (Å²) in [5.74, 6) is -0.0510. The molecule has 9 heteroatoms. The highest BCUT2D eigenvalue weighted by Crippen LogP contribution is 2.09. The van der Waals surface area contributed by atoms with E-state index in [1.165, 1.54) is 17.8 Å². The summed E-state index contributed by atoms with van der Waals surface area (Å²) in [6.07, 6.45) is 1.46. The number of aromatic nitrogens is 4. The van der Waals surface area contributed by atoms with Crippen LogP contribution in [0.1, 0.15) is 17.3 Å². The third kappa shape index (κ3) is 3.40. The number of rotatable bonds is 4. The molecule has 0 unspecified atom stereocenters. The molecule has 23 heavy (non-hydrogen) atoms. The van der Waals surface area contributed by atoms with Crippen LogP contribution in [0, 0.1) is 0 Å². The molecule has 3 rings (SSSR count). The molecule has 0 saturated heterocycles. The molecule has 0 fully saturated rings. The maximum Gasteiger partial charge on any atom is 0.269 e. The van der Waals surface area contributed by atoms with Gasteiger partial charge in [0.1, 0.15) is 6.33 Å². The van der Waals surface area contributed by atoms with Crippen LogP contribution in [0.25, 0.3) is 5.65 Å². The molecule has 0 saturated carbocycles. The Morgan fingerprint density at radius 1 is 1.09 bits per heavy atom. The van der Waals surface area contributed by atoms with Crippen molar-refractivity contribution in [3.63, 3.8) is 0 Å². The van der Waals surface area contributed by atoms with Crippen LogP contribution in [-0.4, -0.2) is 31.6 Å². The first kappa shape index (κ1) is 14.4. The lowest BCUT2D eigenvalue weighted by Crippen LogP contribution is -2.30. The van der Waals surface area contributed by atoms with Crippen LogP contribution in [0.5, 0.6) is 0 Å². The molecule has 0 spiro atoms. The monoisotopic (exact) mass is 311 g/mol. The van der Waals surface area contributed by atoms with Crippen LogP contribution in [0.2, 0.25) is 0 Å². The molecule has 1 aromatic carbocycles. The molecule has 116 valence electrons. The van der Waals surface area contributed by atoms with Gasteiger partial charge in [0.2, 0.25) is 5.91 Å². The molecule has 3 N–H and O–H groups in total. The summed E-state index contributed by atoms with van der Waals surface area (Å²) in [5, 5.41) is 14.4. The van der Waals surface area contributed by atoms with Gasteiger partial charge in [-0.3, -0.25) is 20.4 Å². The molecular formula is C14H13N7O2. The third-order valence-electron chi connectivity index (χ3n) is 2.93. The summed E-state index contributed by atoms with van der Waals surface area (Å²) < 4.78 is 1.48. The fourth-order valence-corrected chi connectivity index (χ4v) is 1.90. The lowest BCUT2D eigenvalue weighted by Gasteiger charge is -2.08. The Bertz CT molecular complexity index is 857. The van der Waals surface area contributed by atoms with Gasteiger partial charge in [-0.1, -0.05) is 0 Å². The zero-order chi connectivity index (χ0) is 16.2. The molecule has 0 bridgehead atoms. The zero-order valence-corrected chi connectivity index (χ0v) is 12.1. The minimum absolute atomic E-state index is 0.167. The Kier molecular flexibility index (Phi) is 3.83. The number of anilines is 2. The second-order valence-corrected chi connectivity index (χ2v) is 4.69. The van der Waals surface area contributed by atoms with E-state index in [0.717, 1.165) is 0 Å². The molecule has 2 aromatic heterocycles. The number of nitrogens with one attached hydrogen (secondary N) is 3. The van der Waals surface area contributed by atoms with Crippen LogP contribution < -0.4 is 16.2 Å². The average molecular weight is 311 g/mol. The Morgan fingerprint density at radius 3 is 2.61 bits per heavy atom. The van der Waals surface area contributed by atoms with Gasteiger partial charge in [0, 0.05) is 18.2 Å². The number of fused-ring (bicyclic) bond motifs is 1. The lowest BCUT2D eigenvalue weighted by atomic mass is 10.2. The molecular weight excluding hydrogens is 298 g/mol. The molecule has 2 heterocycles. The predicted molar refractivity (Wildman–Crippen MR) is 82.6 cm³/mol. The standard InChI is InChI=1S/C14H13N7O2/c1-9(22)16-11-4-2-10(3-5-11)14(23)19-17-12-6-7-13-18-15-8-21(13)20-12/h2-8H,1H3,(H,16,22)(H,17,20)(H,19,23). The van der Waals surface area contributed by atoms with E-state index in [0.29, 0.717) is 22.7 Å². The van der Waals surface area contributed by atoms with Gasteiger partial charge in [0.05, 0.1) is 0 Å². The molecule has 2 amide bonds. The summed E-state index contributed by atoms with van der Waals surface area (Å²) in [6.45, 7) is 1.42. The Labute approximate surface area is 130 Å². The Balaban J connectivity index is 1.63. The highest BCUT2D eigenvalue weighted by atomic mass is 16.2. The number of carbonyl (C=O) groups is 2. The minimum Gasteiger partial charge on any atom is -0.326 e. The number of hydrazine groups is 1. The van der Waals surface area contributed by atoms with Crippen LogP contribution in [0.4, 0.5) is 11.5 Å². The smallest absolute Gasteiger partial charge is 0.269 e. The topological polar surface area (TPSA) is 113 Å². The fourth-order valence-electron chi connectivity index (χ4n) is 1.90. The van der Waals surface area contributed by atoms with Gasteiger partial charge in [0.25, 0.3) is 5.91 Å². The Morgan fingerprint density at radius 2 is 1.87 bits per heavy atom. The predicted octanol–water partition coefficient (Wildman–Crippen LogP) is 0.840. The van der Waals surface area contributed by atoms with Gasteiger partial charge in [0.15, 0.2) is 11.5 Å². The van der Waals surface area contributed by atoms with Gasteiger partial charge in [-0.25, -0.2) is 0 Å². The number of amides is 2. The number of benzene rings is 1. The van der Waals surface area contributed by atoms with Gasteiger partial charge in [-0.2, -0.15) is 4.52 Å². The van der Waals surface area contributed by atoms with Crippen molar-refractivity contribution in [3.05, 3.63) is 48.3 Å². The third-order valence-corrected chi connectivity index (χ3v) is 2.93. The van der Waals surface area contributed by atoms with Crippen molar-refractivity contribution in [1.82, 2.24) is 25.2 Å². The van der Waals surface area contributed by atoms with Crippen LogP contribution >= 0.6 is 0 Å². The highest BCUT2D eigenvalue weighted by molar-refractivity contribution is 5.96. The van der Waals surface area contributed by atoms with Crippen molar-refractivity contribution >= 4 is 29.0 Å². The van der Waals surface area contributed by atoms with Crippen LogP contribution in [-0.2, 0) is 4.79 Å². The van der Waals surface area contributed by atoms with E-state index in [1.807, 2.05) is 0 Å². The first-order chi connectivity index (χ1) is 11.1. The molecule has 0 radical (unpaired) electrons. The number of hydrogen-bond acceptors (Lipinski definition) is 6. The first-order valence-electron chi connectivity index (χ1n) is 6.73. The zero-order valence-electron chi connectivity index (χ0n) is 12.1. The number of nitrogens with zero attached hydrogens (tertiary/aromatic N) is 4. The van der Waals surface area contributed by atoms with Crippen LogP contribution in [0.15, 0.2) is 42.7 Å². The molecule has 0 aliphatic rings. The summed E-state index contributed by atoms with van der Waals surface area (Å²) in [4.78, 5) is 23.0. The van der Waals surface area contributed by atoms with E-state index in [4.69, 9.17) is 0 Å². The maximum absolute atomic E-state index is 12.0. The van der Waals surface area contributed by atoms with Gasteiger partial charge in [-0.05, 0) is 36.4 Å². The average Bonchev–Trinajstić information content (AvgIpc) is 3.00. The van der Waals surface area contributed by atoms with E-state index in [-0.39, 0.29) is 11.8 Å². The summed E-state index contributed by atoms with van der Waals surface area (Å²) in [5.41, 5.74) is 6.93. The molecule has 0 aliphatic heterocycles. The second-order valence-electron chi connectivity index (χ2n) is 4.69. The fraction of sp³-hybridized carbons (Fsp3) is 0.0714. The summed E-state index contributed by atoms with van der Waals surface area (Å²) in [7, 11) is 0. The van der Waals surface area contributed by atoms with Crippen molar-refractivity contribution in [2.75, 3.05) is 10.7 Å². The van der Waals surface area contributed by atoms with Crippen molar-refractivity contribution in [3.8, 4) is 0 Å². The highest BCUT2D eigenvalue weighted by Gasteiger charge is 2.06. The second kappa shape index (κ2) is 6.10. The van der Waals surface area contributed by atoms with E-state index in [1.54, 1.807) is 36.4 Å². The van der Waals surface area contributed by atoms with Gasteiger partial charge < -0.3 is 5.32 Å². The normalized spacial score (nSPS) is 10.3. The SMILES string of the molecule is CC(=O)Nc1ccc(C(=O)NNc2ccc3nncn3n2)cc1. The van der Waals surface area contributed by atoms with Crippen molar-refractivity contribution in [2.24, 2.45) is 0 Å². The van der Waals surface area contributed by atoms with E-state index in [2.05, 4.69) is 31.5 Å². The van der Waals surface area contributed by atoms with Crippen molar-refractivity contribution in [2.45, 2.75) is 6.92 Å². The quantitative estimate of drug-likeness (QED) is 0.615. The molecule has 3 aromatic rings. The first-order valence-corrected chi connectivity index (χ1v) is 6.73. The number of carbonyl (C=O) groups excluding carboxylic acids is 2. The van der Waals surface area contributed by atoms with E-state index < -0.39 is 0 Å². The lowest BCUT2D eigenvalue weighted by molar-refractivity contribution is -0.114. The molecule has 0 aliphatic carbocycles. The van der Waals surface area contributed by atoms with Gasteiger partial charge in [-0.15, -0.1) is 15.3 Å². The molecule has 0 atom stereocenters. The molecule has 9 nitrogen and oxygen atoms in total. The Hall–Kier alpha value is -3.49. The van der Waals surface area contributed by atoms with Gasteiger partial charge >= 0.3 is 0 Å². The van der Waals surface area contributed by atoms with E-state index in [9.17, 15) is 9.59 Å².